The second-order valence-electron chi connectivity index (χ2n) is 6.47. The molecule has 1 aliphatic rings. The van der Waals surface area contributed by atoms with Crippen LogP contribution in [0.2, 0.25) is 0 Å². The molecule has 3 rings (SSSR count). The van der Waals surface area contributed by atoms with Crippen LogP contribution in [-0.2, 0) is 6.61 Å². The summed E-state index contributed by atoms with van der Waals surface area (Å²) in [6.07, 6.45) is 5.90. The number of amides is 1. The molecule has 0 aromatic heterocycles. The van der Waals surface area contributed by atoms with E-state index in [4.69, 9.17) is 9.47 Å². The molecular formula is C21H25NO3. The lowest BCUT2D eigenvalue weighted by molar-refractivity contribution is 0.0927. The van der Waals surface area contributed by atoms with E-state index >= 15 is 0 Å². The Labute approximate surface area is 149 Å². The highest BCUT2D eigenvalue weighted by Gasteiger charge is 2.16. The summed E-state index contributed by atoms with van der Waals surface area (Å²) in [6, 6.07) is 15.5. The molecule has 1 N–H and O–H groups in total. The van der Waals surface area contributed by atoms with Gasteiger partial charge in [0.15, 0.2) is 0 Å². The minimum Gasteiger partial charge on any atom is -0.497 e. The molecule has 0 unspecified atom stereocenters. The summed E-state index contributed by atoms with van der Waals surface area (Å²) in [6.45, 7) is 0.456. The Bertz CT molecular complexity index is 691. The molecule has 1 amide bonds. The van der Waals surface area contributed by atoms with Crippen LogP contribution < -0.4 is 14.8 Å². The molecule has 0 saturated heterocycles. The van der Waals surface area contributed by atoms with Gasteiger partial charge < -0.3 is 14.8 Å². The van der Waals surface area contributed by atoms with Crippen molar-refractivity contribution in [3.63, 3.8) is 0 Å². The summed E-state index contributed by atoms with van der Waals surface area (Å²) in [4.78, 5) is 12.3. The number of benzene rings is 2. The topological polar surface area (TPSA) is 47.6 Å². The van der Waals surface area contributed by atoms with Crippen molar-refractivity contribution in [1.82, 2.24) is 5.32 Å². The SMILES string of the molecule is COc1cccc(OCc2ccc(C(=O)NC3CCCCC3)cc2)c1. The normalized spacial score (nSPS) is 14.8. The largest absolute Gasteiger partial charge is 0.497 e. The summed E-state index contributed by atoms with van der Waals surface area (Å²) in [5.74, 6) is 1.55. The van der Waals surface area contributed by atoms with Crippen molar-refractivity contribution in [3.8, 4) is 11.5 Å². The van der Waals surface area contributed by atoms with Gasteiger partial charge in [0.25, 0.3) is 5.91 Å². The van der Waals surface area contributed by atoms with E-state index in [1.165, 1.54) is 19.3 Å². The summed E-state index contributed by atoms with van der Waals surface area (Å²) in [5.41, 5.74) is 1.73. The van der Waals surface area contributed by atoms with Crippen LogP contribution in [-0.4, -0.2) is 19.1 Å². The van der Waals surface area contributed by atoms with Gasteiger partial charge in [0, 0.05) is 17.7 Å². The number of ether oxygens (including phenoxy) is 2. The molecule has 4 heteroatoms. The lowest BCUT2D eigenvalue weighted by atomic mass is 9.95. The number of hydrogen-bond acceptors (Lipinski definition) is 3. The van der Waals surface area contributed by atoms with Gasteiger partial charge in [-0.3, -0.25) is 4.79 Å². The van der Waals surface area contributed by atoms with Crippen molar-refractivity contribution in [1.29, 1.82) is 0 Å². The molecule has 1 aliphatic carbocycles. The van der Waals surface area contributed by atoms with Crippen molar-refractivity contribution in [2.75, 3.05) is 7.11 Å². The molecule has 0 spiro atoms. The molecular weight excluding hydrogens is 314 g/mol. The molecule has 4 nitrogen and oxygen atoms in total. The number of nitrogens with one attached hydrogen (secondary N) is 1. The fourth-order valence-electron chi connectivity index (χ4n) is 3.13. The molecule has 1 fully saturated rings. The smallest absolute Gasteiger partial charge is 0.251 e. The molecule has 2 aromatic carbocycles. The minimum atomic E-state index is 0.0205. The fourth-order valence-corrected chi connectivity index (χ4v) is 3.13. The Kier molecular flexibility index (Phi) is 5.94. The standard InChI is InChI=1S/C21H25NO3/c1-24-19-8-5-9-20(14-19)25-15-16-10-12-17(13-11-16)21(23)22-18-6-3-2-4-7-18/h5,8-14,18H,2-4,6-7,15H2,1H3,(H,22,23). The first kappa shape index (κ1) is 17.3. The summed E-state index contributed by atoms with van der Waals surface area (Å²) < 4.78 is 11.0. The number of carbonyl (C=O) groups is 1. The maximum atomic E-state index is 12.3. The van der Waals surface area contributed by atoms with E-state index < -0.39 is 0 Å². The molecule has 0 bridgehead atoms. The Balaban J connectivity index is 1.53. The zero-order valence-corrected chi connectivity index (χ0v) is 14.7. The van der Waals surface area contributed by atoms with E-state index in [1.54, 1.807) is 7.11 Å². The van der Waals surface area contributed by atoms with Crippen LogP contribution in [0.15, 0.2) is 48.5 Å². The number of rotatable bonds is 6. The van der Waals surface area contributed by atoms with Crippen LogP contribution in [0.1, 0.15) is 48.0 Å². The van der Waals surface area contributed by atoms with E-state index in [1.807, 2.05) is 48.5 Å². The van der Waals surface area contributed by atoms with Crippen LogP contribution in [0.25, 0.3) is 0 Å². The molecule has 0 radical (unpaired) electrons. The quantitative estimate of drug-likeness (QED) is 0.852. The van der Waals surface area contributed by atoms with E-state index in [9.17, 15) is 4.79 Å². The van der Waals surface area contributed by atoms with E-state index in [2.05, 4.69) is 5.32 Å². The highest BCUT2D eigenvalue weighted by Crippen LogP contribution is 2.20. The molecule has 1 saturated carbocycles. The average Bonchev–Trinajstić information content (AvgIpc) is 2.67. The molecule has 2 aromatic rings. The molecule has 0 atom stereocenters. The third kappa shape index (κ3) is 4.99. The summed E-state index contributed by atoms with van der Waals surface area (Å²) >= 11 is 0. The summed E-state index contributed by atoms with van der Waals surface area (Å²) in [7, 11) is 1.64. The van der Waals surface area contributed by atoms with Gasteiger partial charge in [-0.1, -0.05) is 37.5 Å². The molecule has 0 heterocycles. The fraction of sp³-hybridized carbons (Fsp3) is 0.381. The maximum absolute atomic E-state index is 12.3. The zero-order valence-electron chi connectivity index (χ0n) is 14.7. The van der Waals surface area contributed by atoms with E-state index in [-0.39, 0.29) is 5.91 Å². The second kappa shape index (κ2) is 8.56. The first-order valence-electron chi connectivity index (χ1n) is 8.91. The van der Waals surface area contributed by atoms with Crippen molar-refractivity contribution in [3.05, 3.63) is 59.7 Å². The highest BCUT2D eigenvalue weighted by molar-refractivity contribution is 5.94. The summed E-state index contributed by atoms with van der Waals surface area (Å²) in [5, 5.41) is 3.14. The third-order valence-electron chi connectivity index (χ3n) is 4.60. The predicted molar refractivity (Wildman–Crippen MR) is 98.1 cm³/mol. The Morgan fingerprint density at radius 1 is 1.04 bits per heavy atom. The zero-order chi connectivity index (χ0) is 17.5. The van der Waals surface area contributed by atoms with Gasteiger partial charge >= 0.3 is 0 Å². The minimum absolute atomic E-state index is 0.0205. The lowest BCUT2D eigenvalue weighted by Gasteiger charge is -2.22. The van der Waals surface area contributed by atoms with Crippen molar-refractivity contribution in [2.45, 2.75) is 44.8 Å². The number of carbonyl (C=O) groups excluding carboxylic acids is 1. The van der Waals surface area contributed by atoms with Crippen molar-refractivity contribution < 1.29 is 14.3 Å². The predicted octanol–water partition coefficient (Wildman–Crippen LogP) is 4.34. The van der Waals surface area contributed by atoms with Gasteiger partial charge in [-0.25, -0.2) is 0 Å². The monoisotopic (exact) mass is 339 g/mol. The van der Waals surface area contributed by atoms with E-state index in [0.717, 1.165) is 29.9 Å². The van der Waals surface area contributed by atoms with Crippen molar-refractivity contribution >= 4 is 5.91 Å². The van der Waals surface area contributed by atoms with Gasteiger partial charge in [-0.15, -0.1) is 0 Å². The van der Waals surface area contributed by atoms with Crippen LogP contribution in [0.3, 0.4) is 0 Å². The van der Waals surface area contributed by atoms with Crippen LogP contribution >= 0.6 is 0 Å². The number of methoxy groups -OCH3 is 1. The molecule has 132 valence electrons. The Hall–Kier alpha value is -2.49. The maximum Gasteiger partial charge on any atom is 0.251 e. The Morgan fingerprint density at radius 3 is 2.48 bits per heavy atom. The van der Waals surface area contributed by atoms with Crippen molar-refractivity contribution in [2.24, 2.45) is 0 Å². The first-order chi connectivity index (χ1) is 12.2. The van der Waals surface area contributed by atoms with Crippen LogP contribution in [0.4, 0.5) is 0 Å². The molecule has 0 aliphatic heterocycles. The molecule has 25 heavy (non-hydrogen) atoms. The van der Waals surface area contributed by atoms with Crippen LogP contribution in [0.5, 0.6) is 11.5 Å². The van der Waals surface area contributed by atoms with Gasteiger partial charge in [-0.05, 0) is 42.7 Å². The van der Waals surface area contributed by atoms with Gasteiger partial charge in [0.2, 0.25) is 0 Å². The highest BCUT2D eigenvalue weighted by atomic mass is 16.5. The average molecular weight is 339 g/mol. The van der Waals surface area contributed by atoms with Gasteiger partial charge in [0.05, 0.1) is 7.11 Å². The van der Waals surface area contributed by atoms with E-state index in [0.29, 0.717) is 18.2 Å². The van der Waals surface area contributed by atoms with Crippen LogP contribution in [0, 0.1) is 0 Å². The lowest BCUT2D eigenvalue weighted by Crippen LogP contribution is -2.36. The second-order valence-corrected chi connectivity index (χ2v) is 6.47. The van der Waals surface area contributed by atoms with Gasteiger partial charge in [0.1, 0.15) is 18.1 Å². The number of hydrogen-bond donors (Lipinski definition) is 1. The third-order valence-corrected chi connectivity index (χ3v) is 4.60. The Morgan fingerprint density at radius 2 is 1.76 bits per heavy atom. The first-order valence-corrected chi connectivity index (χ1v) is 8.91. The van der Waals surface area contributed by atoms with Gasteiger partial charge in [-0.2, -0.15) is 0 Å².